The third-order valence-electron chi connectivity index (χ3n) is 2.51. The molecule has 0 N–H and O–H groups in total. The summed E-state index contributed by atoms with van der Waals surface area (Å²) < 4.78 is 13.9. The Kier molecular flexibility index (Phi) is 3.93. The topological polar surface area (TPSA) is 0 Å². The summed E-state index contributed by atoms with van der Waals surface area (Å²) in [4.78, 5) is 0. The fourth-order valence-electron chi connectivity index (χ4n) is 1.62. The molecule has 0 nitrogen and oxygen atoms in total. The van der Waals surface area contributed by atoms with Crippen LogP contribution in [0.3, 0.4) is 0 Å². The Bertz CT molecular complexity index is 445. The fraction of sp³-hybridized carbons (Fsp3) is 0.143. The molecule has 2 aromatic rings. The molecule has 0 bridgehead atoms. The maximum Gasteiger partial charge on any atom is 0.123 e. The zero-order chi connectivity index (χ0) is 11.4. The summed E-state index contributed by atoms with van der Waals surface area (Å²) in [6.45, 7) is 0. The van der Waals surface area contributed by atoms with Crippen LogP contribution in [0.1, 0.15) is 5.56 Å². The van der Waals surface area contributed by atoms with Crippen molar-refractivity contribution in [3.8, 4) is 11.1 Å². The molecule has 0 fully saturated rings. The highest BCUT2D eigenvalue weighted by atomic mass is 127. The van der Waals surface area contributed by atoms with Gasteiger partial charge in [-0.05, 0) is 35.2 Å². The molecule has 0 aromatic heterocycles. The van der Waals surface area contributed by atoms with Gasteiger partial charge in [-0.15, -0.1) is 0 Å². The second-order valence-corrected chi connectivity index (χ2v) is 4.72. The van der Waals surface area contributed by atoms with Crippen LogP contribution in [0.5, 0.6) is 0 Å². The standard InChI is InChI=1S/C14H12FI/c15-14-7-5-13(6-8-14)12-3-1-11(2-4-12)9-10-16/h1-8H,9-10H2. The molecular weight excluding hydrogens is 314 g/mol. The van der Waals surface area contributed by atoms with Crippen LogP contribution in [0.15, 0.2) is 48.5 Å². The molecule has 2 heteroatoms. The molecule has 0 amide bonds. The van der Waals surface area contributed by atoms with Crippen molar-refractivity contribution in [1.29, 1.82) is 0 Å². The lowest BCUT2D eigenvalue weighted by Crippen LogP contribution is -1.85. The van der Waals surface area contributed by atoms with E-state index in [0.717, 1.165) is 22.0 Å². The van der Waals surface area contributed by atoms with Gasteiger partial charge in [0.1, 0.15) is 5.82 Å². The minimum Gasteiger partial charge on any atom is -0.207 e. The van der Waals surface area contributed by atoms with E-state index in [2.05, 4.69) is 46.9 Å². The van der Waals surface area contributed by atoms with E-state index in [9.17, 15) is 4.39 Å². The molecule has 2 aromatic carbocycles. The van der Waals surface area contributed by atoms with Crippen molar-refractivity contribution in [2.45, 2.75) is 6.42 Å². The van der Waals surface area contributed by atoms with Crippen molar-refractivity contribution in [2.24, 2.45) is 0 Å². The number of benzene rings is 2. The van der Waals surface area contributed by atoms with Gasteiger partial charge in [-0.25, -0.2) is 4.39 Å². The Morgan fingerprint density at radius 2 is 1.31 bits per heavy atom. The van der Waals surface area contributed by atoms with Gasteiger partial charge in [0.15, 0.2) is 0 Å². The Morgan fingerprint density at radius 1 is 0.812 bits per heavy atom. The Balaban J connectivity index is 2.24. The Labute approximate surface area is 109 Å². The van der Waals surface area contributed by atoms with Gasteiger partial charge in [0.25, 0.3) is 0 Å². The van der Waals surface area contributed by atoms with Gasteiger partial charge in [0, 0.05) is 4.43 Å². The summed E-state index contributed by atoms with van der Waals surface area (Å²) in [5, 5.41) is 0. The third-order valence-corrected chi connectivity index (χ3v) is 3.05. The predicted molar refractivity (Wildman–Crippen MR) is 74.4 cm³/mol. The molecule has 0 spiro atoms. The zero-order valence-corrected chi connectivity index (χ0v) is 10.9. The minimum atomic E-state index is -0.190. The van der Waals surface area contributed by atoms with Crippen LogP contribution >= 0.6 is 22.6 Å². The summed E-state index contributed by atoms with van der Waals surface area (Å²) in [6, 6.07) is 15.1. The average molecular weight is 326 g/mol. The SMILES string of the molecule is Fc1ccc(-c2ccc(CCI)cc2)cc1. The average Bonchev–Trinajstić information content (AvgIpc) is 2.32. The first-order chi connectivity index (χ1) is 7.79. The normalized spacial score (nSPS) is 10.4. The first-order valence-corrected chi connectivity index (χ1v) is 6.73. The maximum absolute atomic E-state index is 12.8. The van der Waals surface area contributed by atoms with E-state index in [4.69, 9.17) is 0 Å². The van der Waals surface area contributed by atoms with Gasteiger partial charge in [-0.3, -0.25) is 0 Å². The van der Waals surface area contributed by atoms with Crippen molar-refractivity contribution < 1.29 is 4.39 Å². The molecule has 0 atom stereocenters. The first-order valence-electron chi connectivity index (χ1n) is 5.20. The first kappa shape index (κ1) is 11.6. The lowest BCUT2D eigenvalue weighted by Gasteiger charge is -2.03. The smallest absolute Gasteiger partial charge is 0.123 e. The van der Waals surface area contributed by atoms with Crippen molar-refractivity contribution in [2.75, 3.05) is 4.43 Å². The van der Waals surface area contributed by atoms with E-state index in [1.54, 1.807) is 0 Å². The quantitative estimate of drug-likeness (QED) is 0.577. The van der Waals surface area contributed by atoms with Gasteiger partial charge in [-0.1, -0.05) is 59.0 Å². The number of rotatable bonds is 3. The second kappa shape index (κ2) is 5.43. The molecule has 0 heterocycles. The van der Waals surface area contributed by atoms with E-state index in [0.29, 0.717) is 0 Å². The van der Waals surface area contributed by atoms with Crippen LogP contribution in [0, 0.1) is 5.82 Å². The summed E-state index contributed by atoms with van der Waals surface area (Å²) in [6.07, 6.45) is 1.10. The van der Waals surface area contributed by atoms with E-state index in [-0.39, 0.29) is 5.82 Å². The van der Waals surface area contributed by atoms with Crippen molar-refractivity contribution in [1.82, 2.24) is 0 Å². The monoisotopic (exact) mass is 326 g/mol. The van der Waals surface area contributed by atoms with Crippen molar-refractivity contribution >= 4 is 22.6 Å². The van der Waals surface area contributed by atoms with Crippen molar-refractivity contribution in [3.63, 3.8) is 0 Å². The molecule has 2 rings (SSSR count). The molecule has 0 aliphatic rings. The summed E-state index contributed by atoms with van der Waals surface area (Å²) in [5.41, 5.74) is 3.54. The number of alkyl halides is 1. The maximum atomic E-state index is 12.8. The highest BCUT2D eigenvalue weighted by Gasteiger charge is 1.98. The van der Waals surface area contributed by atoms with Gasteiger partial charge in [-0.2, -0.15) is 0 Å². The van der Waals surface area contributed by atoms with Gasteiger partial charge < -0.3 is 0 Å². The van der Waals surface area contributed by atoms with Crippen LogP contribution in [-0.4, -0.2) is 4.43 Å². The minimum absolute atomic E-state index is 0.190. The van der Waals surface area contributed by atoms with Crippen molar-refractivity contribution in [3.05, 3.63) is 59.9 Å². The lowest BCUT2D eigenvalue weighted by molar-refractivity contribution is 0.628. The largest absolute Gasteiger partial charge is 0.207 e. The Morgan fingerprint density at radius 3 is 1.81 bits per heavy atom. The van der Waals surface area contributed by atoms with E-state index in [1.165, 1.54) is 17.7 Å². The highest BCUT2D eigenvalue weighted by Crippen LogP contribution is 2.20. The highest BCUT2D eigenvalue weighted by molar-refractivity contribution is 14.1. The Hall–Kier alpha value is -0.900. The van der Waals surface area contributed by atoms with E-state index in [1.807, 2.05) is 12.1 Å². The zero-order valence-electron chi connectivity index (χ0n) is 8.79. The summed E-state index contributed by atoms with van der Waals surface area (Å²) >= 11 is 2.37. The van der Waals surface area contributed by atoms with Crippen LogP contribution < -0.4 is 0 Å². The van der Waals surface area contributed by atoms with Gasteiger partial charge in [0.2, 0.25) is 0 Å². The third kappa shape index (κ3) is 2.82. The number of aryl methyl sites for hydroxylation is 1. The van der Waals surface area contributed by atoms with Crippen LogP contribution in [0.25, 0.3) is 11.1 Å². The van der Waals surface area contributed by atoms with Crippen LogP contribution in [0.4, 0.5) is 4.39 Å². The molecule has 0 saturated heterocycles. The molecule has 0 unspecified atom stereocenters. The predicted octanol–water partition coefficient (Wildman–Crippen LogP) is 4.47. The molecular formula is C14H12FI. The fourth-order valence-corrected chi connectivity index (χ4v) is 2.24. The molecule has 0 aliphatic heterocycles. The van der Waals surface area contributed by atoms with Crippen LogP contribution in [0.2, 0.25) is 0 Å². The summed E-state index contributed by atoms with van der Waals surface area (Å²) in [5.74, 6) is -0.190. The van der Waals surface area contributed by atoms with Gasteiger partial charge in [0.05, 0.1) is 0 Å². The molecule has 16 heavy (non-hydrogen) atoms. The van der Waals surface area contributed by atoms with Gasteiger partial charge >= 0.3 is 0 Å². The molecule has 0 saturated carbocycles. The second-order valence-electron chi connectivity index (χ2n) is 3.64. The van der Waals surface area contributed by atoms with E-state index < -0.39 is 0 Å². The molecule has 82 valence electrons. The number of halogens is 2. The molecule has 0 radical (unpaired) electrons. The number of hydrogen-bond acceptors (Lipinski definition) is 0. The lowest BCUT2D eigenvalue weighted by atomic mass is 10.0. The van der Waals surface area contributed by atoms with E-state index >= 15 is 0 Å². The molecule has 0 aliphatic carbocycles. The summed E-state index contributed by atoms with van der Waals surface area (Å²) in [7, 11) is 0. The number of hydrogen-bond donors (Lipinski definition) is 0. The van der Waals surface area contributed by atoms with Crippen LogP contribution in [-0.2, 0) is 6.42 Å².